The first-order chi connectivity index (χ1) is 18.7. The van der Waals surface area contributed by atoms with Gasteiger partial charge in [-0.3, -0.25) is 4.79 Å². The molecule has 0 atom stereocenters. The van der Waals surface area contributed by atoms with E-state index in [4.69, 9.17) is 4.42 Å². The van der Waals surface area contributed by atoms with Crippen molar-refractivity contribution in [2.75, 3.05) is 0 Å². The van der Waals surface area contributed by atoms with E-state index >= 15 is 0 Å². The average molecular weight is 493 g/mol. The van der Waals surface area contributed by atoms with E-state index in [1.807, 2.05) is 42.5 Å². The molecule has 6 aromatic rings. The van der Waals surface area contributed by atoms with Crippen molar-refractivity contribution in [3.05, 3.63) is 141 Å². The van der Waals surface area contributed by atoms with Gasteiger partial charge in [0, 0.05) is 5.92 Å². The Bertz CT molecular complexity index is 1850. The Morgan fingerprint density at radius 2 is 1.21 bits per heavy atom. The fraction of sp³-hybridized carbons (Fsp3) is 0.139. The second kappa shape index (κ2) is 8.85. The maximum absolute atomic E-state index is 13.2. The quantitative estimate of drug-likeness (QED) is 0.230. The molecule has 0 amide bonds. The summed E-state index contributed by atoms with van der Waals surface area (Å²) in [4.78, 5) is 13.2. The van der Waals surface area contributed by atoms with Gasteiger partial charge >= 0.3 is 0 Å². The largest absolute Gasteiger partial charge is 0.456 e. The molecule has 0 bridgehead atoms. The SMILES string of the molecule is CCc1cccc2c1C(c1ccc(-c3ccc4oc5ccccc5c(=O)c4c3)cc1)c1c(CC)cccc1-2. The molecular weight excluding hydrogens is 464 g/mol. The third-order valence-corrected chi connectivity index (χ3v) is 8.18. The summed E-state index contributed by atoms with van der Waals surface area (Å²) in [7, 11) is 0. The first-order valence-corrected chi connectivity index (χ1v) is 13.5. The van der Waals surface area contributed by atoms with Crippen LogP contribution in [0.25, 0.3) is 44.2 Å². The standard InChI is InChI=1S/C36H28O2/c1-3-22-9-7-12-27-28-13-8-10-23(4-2)34(28)35(33(22)27)25-17-15-24(16-18-25)26-19-20-32-30(21-26)36(37)29-11-5-6-14-31(29)38-32/h5-21,35H,3-4H2,1-2H3. The van der Waals surface area contributed by atoms with Gasteiger partial charge in [0.05, 0.1) is 10.8 Å². The van der Waals surface area contributed by atoms with E-state index in [2.05, 4.69) is 74.5 Å². The molecule has 1 aliphatic rings. The van der Waals surface area contributed by atoms with E-state index in [1.54, 1.807) is 0 Å². The molecule has 0 aliphatic heterocycles. The number of aryl methyl sites for hydroxylation is 2. The maximum Gasteiger partial charge on any atom is 0.200 e. The van der Waals surface area contributed by atoms with Gasteiger partial charge in [0.1, 0.15) is 11.2 Å². The molecule has 1 heterocycles. The van der Waals surface area contributed by atoms with Crippen LogP contribution in [0, 0.1) is 0 Å². The summed E-state index contributed by atoms with van der Waals surface area (Å²) in [5.74, 6) is 0.233. The fourth-order valence-electron chi connectivity index (χ4n) is 6.32. The Balaban J connectivity index is 1.35. The molecule has 2 heteroatoms. The molecule has 0 radical (unpaired) electrons. The summed E-state index contributed by atoms with van der Waals surface area (Å²) >= 11 is 0. The van der Waals surface area contributed by atoms with Gasteiger partial charge in [-0.25, -0.2) is 0 Å². The molecule has 0 unspecified atom stereocenters. The highest BCUT2D eigenvalue weighted by Gasteiger charge is 2.33. The summed E-state index contributed by atoms with van der Waals surface area (Å²) in [6.07, 6.45) is 2.03. The number of hydrogen-bond acceptors (Lipinski definition) is 2. The van der Waals surface area contributed by atoms with Crippen LogP contribution in [0.5, 0.6) is 0 Å². The molecule has 1 aliphatic carbocycles. The summed E-state index contributed by atoms with van der Waals surface area (Å²) in [5, 5.41) is 1.23. The molecule has 38 heavy (non-hydrogen) atoms. The zero-order chi connectivity index (χ0) is 25.8. The van der Waals surface area contributed by atoms with Gasteiger partial charge in [0.25, 0.3) is 0 Å². The molecule has 7 rings (SSSR count). The number of para-hydroxylation sites is 1. The summed E-state index contributed by atoms with van der Waals surface area (Å²) in [5.41, 5.74) is 13.2. The minimum atomic E-state index is 0.0127. The lowest BCUT2D eigenvalue weighted by atomic mass is 9.83. The third-order valence-electron chi connectivity index (χ3n) is 8.18. The maximum atomic E-state index is 13.2. The first-order valence-electron chi connectivity index (χ1n) is 13.5. The van der Waals surface area contributed by atoms with Gasteiger partial charge in [-0.05, 0) is 87.2 Å². The average Bonchev–Trinajstić information content (AvgIpc) is 3.32. The van der Waals surface area contributed by atoms with E-state index in [0.29, 0.717) is 21.9 Å². The van der Waals surface area contributed by atoms with Crippen molar-refractivity contribution in [1.29, 1.82) is 0 Å². The smallest absolute Gasteiger partial charge is 0.200 e. The van der Waals surface area contributed by atoms with Crippen LogP contribution in [0.4, 0.5) is 0 Å². The van der Waals surface area contributed by atoms with Gasteiger partial charge < -0.3 is 4.42 Å². The van der Waals surface area contributed by atoms with Crippen LogP contribution in [0.1, 0.15) is 47.6 Å². The lowest BCUT2D eigenvalue weighted by molar-refractivity contribution is 0.660. The fourth-order valence-corrected chi connectivity index (χ4v) is 6.32. The normalized spacial score (nSPS) is 12.7. The van der Waals surface area contributed by atoms with Crippen molar-refractivity contribution in [1.82, 2.24) is 0 Å². The molecule has 0 N–H and O–H groups in total. The minimum absolute atomic E-state index is 0.0127. The van der Waals surface area contributed by atoms with Crippen molar-refractivity contribution in [3.63, 3.8) is 0 Å². The zero-order valence-corrected chi connectivity index (χ0v) is 21.6. The van der Waals surface area contributed by atoms with E-state index in [1.165, 1.54) is 38.9 Å². The van der Waals surface area contributed by atoms with E-state index < -0.39 is 0 Å². The molecule has 0 saturated carbocycles. The van der Waals surface area contributed by atoms with E-state index in [-0.39, 0.29) is 11.3 Å². The van der Waals surface area contributed by atoms with Crippen molar-refractivity contribution >= 4 is 21.9 Å². The number of fused-ring (bicyclic) bond motifs is 5. The Morgan fingerprint density at radius 3 is 1.87 bits per heavy atom. The van der Waals surface area contributed by atoms with Crippen LogP contribution in [-0.2, 0) is 12.8 Å². The number of rotatable bonds is 4. The third kappa shape index (κ3) is 3.37. The predicted octanol–water partition coefficient (Wildman–Crippen LogP) is 8.90. The van der Waals surface area contributed by atoms with E-state index in [9.17, 15) is 4.79 Å². The molecule has 0 fully saturated rings. The van der Waals surface area contributed by atoms with E-state index in [0.717, 1.165) is 24.0 Å². The monoisotopic (exact) mass is 492 g/mol. The Kier molecular flexibility index (Phi) is 5.30. The van der Waals surface area contributed by atoms with Gasteiger partial charge in [0.2, 0.25) is 5.43 Å². The highest BCUT2D eigenvalue weighted by atomic mass is 16.3. The molecule has 2 nitrogen and oxygen atoms in total. The summed E-state index contributed by atoms with van der Waals surface area (Å²) in [6, 6.07) is 35.8. The second-order valence-electron chi connectivity index (χ2n) is 10.2. The molecule has 5 aromatic carbocycles. The second-order valence-corrected chi connectivity index (χ2v) is 10.2. The molecule has 0 saturated heterocycles. The minimum Gasteiger partial charge on any atom is -0.456 e. The van der Waals surface area contributed by atoms with Crippen LogP contribution in [0.15, 0.2) is 112 Å². The Hall–Kier alpha value is -4.43. The molecule has 1 aromatic heterocycles. The van der Waals surface area contributed by atoms with Crippen molar-refractivity contribution in [3.8, 4) is 22.3 Å². The first kappa shape index (κ1) is 22.7. The summed E-state index contributed by atoms with van der Waals surface area (Å²) in [6.45, 7) is 4.50. The van der Waals surface area contributed by atoms with Gasteiger partial charge in [0.15, 0.2) is 0 Å². The summed E-state index contributed by atoms with van der Waals surface area (Å²) < 4.78 is 6.01. The van der Waals surface area contributed by atoms with Crippen LogP contribution in [0.2, 0.25) is 0 Å². The molecular formula is C36H28O2. The number of benzene rings is 5. The Labute approximate surface area is 222 Å². The van der Waals surface area contributed by atoms with Crippen LogP contribution >= 0.6 is 0 Å². The van der Waals surface area contributed by atoms with Crippen molar-refractivity contribution < 1.29 is 4.42 Å². The highest BCUT2D eigenvalue weighted by molar-refractivity contribution is 5.92. The molecule has 184 valence electrons. The van der Waals surface area contributed by atoms with Gasteiger partial charge in [-0.1, -0.05) is 92.7 Å². The zero-order valence-electron chi connectivity index (χ0n) is 21.6. The van der Waals surface area contributed by atoms with Crippen LogP contribution < -0.4 is 5.43 Å². The van der Waals surface area contributed by atoms with Crippen molar-refractivity contribution in [2.45, 2.75) is 32.6 Å². The molecule has 0 spiro atoms. The van der Waals surface area contributed by atoms with Crippen LogP contribution in [0.3, 0.4) is 0 Å². The van der Waals surface area contributed by atoms with Crippen LogP contribution in [-0.4, -0.2) is 0 Å². The van der Waals surface area contributed by atoms with Gasteiger partial charge in [-0.2, -0.15) is 0 Å². The lowest BCUT2D eigenvalue weighted by Crippen LogP contribution is -2.05. The Morgan fingerprint density at radius 1 is 0.605 bits per heavy atom. The van der Waals surface area contributed by atoms with Crippen molar-refractivity contribution in [2.24, 2.45) is 0 Å². The lowest BCUT2D eigenvalue weighted by Gasteiger charge is -2.20. The van der Waals surface area contributed by atoms with Gasteiger partial charge in [-0.15, -0.1) is 0 Å². The highest BCUT2D eigenvalue weighted by Crippen LogP contribution is 2.51. The topological polar surface area (TPSA) is 30.2 Å². The number of hydrogen-bond donors (Lipinski definition) is 0. The predicted molar refractivity (Wildman–Crippen MR) is 157 cm³/mol.